The zero-order chi connectivity index (χ0) is 18.4. The summed E-state index contributed by atoms with van der Waals surface area (Å²) in [6.45, 7) is -0.251. The molecule has 0 aliphatic carbocycles. The largest absolute Gasteiger partial charge is 0.484 e. The lowest BCUT2D eigenvalue weighted by molar-refractivity contribution is -0.118. The van der Waals surface area contributed by atoms with E-state index in [4.69, 9.17) is 4.74 Å². The van der Waals surface area contributed by atoms with Crippen molar-refractivity contribution in [1.82, 2.24) is 0 Å². The van der Waals surface area contributed by atoms with E-state index in [1.165, 1.54) is 24.3 Å². The standard InChI is InChI=1S/C21H16FNO3/c22-16-10-12-17(13-11-16)26-14-20(24)23-19-9-5-4-8-18(19)21(25)15-6-2-1-3-7-15/h1-13H,14H2,(H,23,24). The van der Waals surface area contributed by atoms with Crippen LogP contribution >= 0.6 is 0 Å². The molecule has 0 bridgehead atoms. The van der Waals surface area contributed by atoms with Crippen LogP contribution in [0.25, 0.3) is 0 Å². The number of rotatable bonds is 6. The van der Waals surface area contributed by atoms with Crippen molar-refractivity contribution in [3.8, 4) is 5.75 Å². The summed E-state index contributed by atoms with van der Waals surface area (Å²) >= 11 is 0. The molecule has 0 aromatic heterocycles. The molecule has 0 spiro atoms. The van der Waals surface area contributed by atoms with Gasteiger partial charge in [0, 0.05) is 11.1 Å². The number of anilines is 1. The van der Waals surface area contributed by atoms with Crippen LogP contribution in [0, 0.1) is 5.82 Å². The third kappa shape index (κ3) is 4.33. The number of benzene rings is 3. The Morgan fingerprint density at radius 3 is 2.23 bits per heavy atom. The number of carbonyl (C=O) groups excluding carboxylic acids is 2. The number of hydrogen-bond acceptors (Lipinski definition) is 3. The summed E-state index contributed by atoms with van der Waals surface area (Å²) in [4.78, 5) is 24.8. The molecule has 0 heterocycles. The quantitative estimate of drug-likeness (QED) is 0.683. The maximum atomic E-state index is 12.9. The predicted molar refractivity (Wildman–Crippen MR) is 96.8 cm³/mol. The summed E-state index contributed by atoms with van der Waals surface area (Å²) < 4.78 is 18.2. The minimum atomic E-state index is -0.414. The van der Waals surface area contributed by atoms with Crippen molar-refractivity contribution in [3.63, 3.8) is 0 Å². The van der Waals surface area contributed by atoms with Crippen molar-refractivity contribution in [2.24, 2.45) is 0 Å². The second-order valence-electron chi connectivity index (χ2n) is 5.53. The zero-order valence-electron chi connectivity index (χ0n) is 13.8. The first-order valence-electron chi connectivity index (χ1n) is 8.00. The van der Waals surface area contributed by atoms with Gasteiger partial charge in [-0.1, -0.05) is 42.5 Å². The van der Waals surface area contributed by atoms with E-state index in [9.17, 15) is 14.0 Å². The van der Waals surface area contributed by atoms with Crippen molar-refractivity contribution in [2.45, 2.75) is 0 Å². The number of nitrogens with one attached hydrogen (secondary N) is 1. The smallest absolute Gasteiger partial charge is 0.262 e. The van der Waals surface area contributed by atoms with Gasteiger partial charge in [0.15, 0.2) is 12.4 Å². The Morgan fingerprint density at radius 2 is 1.50 bits per heavy atom. The Balaban J connectivity index is 1.69. The van der Waals surface area contributed by atoms with Crippen LogP contribution in [-0.2, 0) is 4.79 Å². The number of halogens is 1. The lowest BCUT2D eigenvalue weighted by Gasteiger charge is -2.11. The van der Waals surface area contributed by atoms with Gasteiger partial charge in [0.25, 0.3) is 5.91 Å². The second-order valence-corrected chi connectivity index (χ2v) is 5.53. The Bertz CT molecular complexity index is 908. The molecular weight excluding hydrogens is 333 g/mol. The third-order valence-electron chi connectivity index (χ3n) is 3.67. The van der Waals surface area contributed by atoms with Crippen molar-refractivity contribution >= 4 is 17.4 Å². The van der Waals surface area contributed by atoms with Crippen LogP contribution in [0.5, 0.6) is 5.75 Å². The van der Waals surface area contributed by atoms with E-state index >= 15 is 0 Å². The number of ketones is 1. The van der Waals surface area contributed by atoms with Gasteiger partial charge in [-0.05, 0) is 36.4 Å². The third-order valence-corrected chi connectivity index (χ3v) is 3.67. The molecule has 3 rings (SSSR count). The van der Waals surface area contributed by atoms with E-state index in [0.29, 0.717) is 22.6 Å². The molecule has 130 valence electrons. The number of ether oxygens (including phenoxy) is 1. The van der Waals surface area contributed by atoms with E-state index in [-0.39, 0.29) is 18.2 Å². The van der Waals surface area contributed by atoms with Crippen LogP contribution < -0.4 is 10.1 Å². The molecule has 1 N–H and O–H groups in total. The van der Waals surface area contributed by atoms with E-state index in [0.717, 1.165) is 0 Å². The molecule has 0 aliphatic rings. The Morgan fingerprint density at radius 1 is 0.846 bits per heavy atom. The summed E-state index contributed by atoms with van der Waals surface area (Å²) in [5.41, 5.74) is 1.35. The van der Waals surface area contributed by atoms with Gasteiger partial charge in [0.1, 0.15) is 11.6 Å². The molecule has 0 saturated carbocycles. The van der Waals surface area contributed by atoms with Gasteiger partial charge in [-0.2, -0.15) is 0 Å². The molecule has 3 aromatic carbocycles. The summed E-state index contributed by atoms with van der Waals surface area (Å²) in [6, 6.07) is 21.0. The lowest BCUT2D eigenvalue weighted by Crippen LogP contribution is -2.21. The molecule has 0 radical (unpaired) electrons. The van der Waals surface area contributed by atoms with E-state index < -0.39 is 5.91 Å². The highest BCUT2D eigenvalue weighted by atomic mass is 19.1. The maximum Gasteiger partial charge on any atom is 0.262 e. The fraction of sp³-hybridized carbons (Fsp3) is 0.0476. The Labute approximate surface area is 150 Å². The Hall–Kier alpha value is -3.47. The fourth-order valence-corrected chi connectivity index (χ4v) is 2.40. The molecule has 26 heavy (non-hydrogen) atoms. The maximum absolute atomic E-state index is 12.9. The van der Waals surface area contributed by atoms with Crippen LogP contribution in [-0.4, -0.2) is 18.3 Å². The van der Waals surface area contributed by atoms with Crippen molar-refractivity contribution in [1.29, 1.82) is 0 Å². The van der Waals surface area contributed by atoms with Crippen molar-refractivity contribution < 1.29 is 18.7 Å². The minimum Gasteiger partial charge on any atom is -0.484 e. The molecule has 0 saturated heterocycles. The molecule has 0 fully saturated rings. The number of carbonyl (C=O) groups is 2. The first-order valence-corrected chi connectivity index (χ1v) is 8.00. The van der Waals surface area contributed by atoms with E-state index in [1.54, 1.807) is 48.5 Å². The van der Waals surface area contributed by atoms with Gasteiger partial charge in [-0.25, -0.2) is 4.39 Å². The highest BCUT2D eigenvalue weighted by Crippen LogP contribution is 2.19. The van der Waals surface area contributed by atoms with Crippen molar-refractivity contribution in [3.05, 3.63) is 95.8 Å². The average molecular weight is 349 g/mol. The summed E-state index contributed by atoms with van der Waals surface area (Å²) in [5.74, 6) is -0.589. The molecule has 0 atom stereocenters. The van der Waals surface area contributed by atoms with Gasteiger partial charge in [-0.3, -0.25) is 9.59 Å². The normalized spacial score (nSPS) is 10.2. The first kappa shape index (κ1) is 17.4. The summed E-state index contributed by atoms with van der Waals surface area (Å²) in [7, 11) is 0. The zero-order valence-corrected chi connectivity index (χ0v) is 13.8. The second kappa shape index (κ2) is 8.07. The van der Waals surface area contributed by atoms with Gasteiger partial charge >= 0.3 is 0 Å². The van der Waals surface area contributed by atoms with E-state index in [1.807, 2.05) is 6.07 Å². The molecule has 1 amide bonds. The first-order chi connectivity index (χ1) is 12.6. The highest BCUT2D eigenvalue weighted by molar-refractivity contribution is 6.13. The number of para-hydroxylation sites is 1. The summed E-state index contributed by atoms with van der Waals surface area (Å²) in [5, 5.41) is 2.68. The molecule has 0 unspecified atom stereocenters. The van der Waals surface area contributed by atoms with Crippen LogP contribution in [0.1, 0.15) is 15.9 Å². The van der Waals surface area contributed by atoms with Gasteiger partial charge < -0.3 is 10.1 Å². The molecule has 0 aliphatic heterocycles. The molecular formula is C21H16FNO3. The minimum absolute atomic E-state index is 0.180. The molecule has 5 heteroatoms. The van der Waals surface area contributed by atoms with E-state index in [2.05, 4.69) is 5.32 Å². The van der Waals surface area contributed by atoms with Crippen LogP contribution in [0.3, 0.4) is 0 Å². The van der Waals surface area contributed by atoms with Crippen LogP contribution in [0.4, 0.5) is 10.1 Å². The predicted octanol–water partition coefficient (Wildman–Crippen LogP) is 4.07. The topological polar surface area (TPSA) is 55.4 Å². The average Bonchev–Trinajstić information content (AvgIpc) is 2.68. The fourth-order valence-electron chi connectivity index (χ4n) is 2.40. The van der Waals surface area contributed by atoms with Gasteiger partial charge in [0.2, 0.25) is 0 Å². The number of amides is 1. The monoisotopic (exact) mass is 349 g/mol. The Kier molecular flexibility index (Phi) is 5.39. The molecule has 4 nitrogen and oxygen atoms in total. The number of hydrogen-bond donors (Lipinski definition) is 1. The highest BCUT2D eigenvalue weighted by Gasteiger charge is 2.15. The van der Waals surface area contributed by atoms with Crippen LogP contribution in [0.2, 0.25) is 0 Å². The SMILES string of the molecule is O=C(COc1ccc(F)cc1)Nc1ccccc1C(=O)c1ccccc1. The summed E-state index contributed by atoms with van der Waals surface area (Å²) in [6.07, 6.45) is 0. The molecule has 3 aromatic rings. The van der Waals surface area contributed by atoms with Crippen molar-refractivity contribution in [2.75, 3.05) is 11.9 Å². The van der Waals surface area contributed by atoms with Gasteiger partial charge in [-0.15, -0.1) is 0 Å². The van der Waals surface area contributed by atoms with Crippen LogP contribution in [0.15, 0.2) is 78.9 Å². The van der Waals surface area contributed by atoms with Gasteiger partial charge in [0.05, 0.1) is 5.69 Å². The lowest BCUT2D eigenvalue weighted by atomic mass is 10.0.